The lowest BCUT2D eigenvalue weighted by Gasteiger charge is -2.60. The molecule has 70 heavy (non-hydrogen) atoms. The lowest BCUT2D eigenvalue weighted by Crippen LogP contribution is -2.70. The average Bonchev–Trinajstić information content (AvgIpc) is 3.36. The van der Waals surface area contributed by atoms with Gasteiger partial charge in [0.15, 0.2) is 0 Å². The molecule has 1 heterocycles. The molecule has 1 fully saturated rings. The molecule has 6 atom stereocenters. The number of unbranched alkanes of at least 4 members (excludes halogenated alkanes) is 2. The van der Waals surface area contributed by atoms with Gasteiger partial charge >= 0.3 is 0 Å². The van der Waals surface area contributed by atoms with Gasteiger partial charge in [0.1, 0.15) is 28.9 Å². The van der Waals surface area contributed by atoms with Crippen LogP contribution in [-0.2, 0) is 19.1 Å². The highest BCUT2D eigenvalue weighted by Gasteiger charge is 2.65. The van der Waals surface area contributed by atoms with Crippen molar-refractivity contribution in [1.82, 2.24) is 4.90 Å². The number of nitrogens with zero attached hydrogens (tertiary/aromatic N) is 3. The van der Waals surface area contributed by atoms with E-state index in [1.807, 2.05) is 75.4 Å². The molecule has 3 aliphatic rings. The van der Waals surface area contributed by atoms with Crippen LogP contribution in [0.1, 0.15) is 82.8 Å². The van der Waals surface area contributed by atoms with E-state index in [1.54, 1.807) is 29.2 Å². The Morgan fingerprint density at radius 3 is 2.27 bits per heavy atom. The number of nitro benzene ring substituents is 1. The van der Waals surface area contributed by atoms with Gasteiger partial charge in [-0.15, -0.1) is 6.58 Å². The predicted octanol–water partition coefficient (Wildman–Crippen LogP) is 10.0. The van der Waals surface area contributed by atoms with Gasteiger partial charge in [0.05, 0.1) is 43.0 Å². The zero-order valence-corrected chi connectivity index (χ0v) is 40.5. The summed E-state index contributed by atoms with van der Waals surface area (Å²) in [7, 11) is 0. The van der Waals surface area contributed by atoms with Crippen molar-refractivity contribution in [1.29, 1.82) is 0 Å². The number of ether oxygens (including phenoxy) is 4. The number of hydrogen-bond donors (Lipinski definition) is 3. The van der Waals surface area contributed by atoms with Crippen LogP contribution in [0, 0.1) is 27.9 Å². The summed E-state index contributed by atoms with van der Waals surface area (Å²) in [5, 5.41) is 46.0. The molecule has 2 aliphatic carbocycles. The number of hydrogen-bond acceptors (Lipinski definition) is 12. The lowest BCUT2D eigenvalue weighted by atomic mass is 9.55. The molecular weight excluding hydrogens is 891 g/mol. The molecule has 1 aliphatic heterocycles. The number of carbonyl (C=O) groups excluding carboxylic acids is 1. The van der Waals surface area contributed by atoms with Crippen molar-refractivity contribution in [2.75, 3.05) is 46.2 Å². The van der Waals surface area contributed by atoms with Crippen LogP contribution in [-0.4, -0.2) is 100 Å². The van der Waals surface area contributed by atoms with Crippen LogP contribution < -0.4 is 9.47 Å². The second-order valence-corrected chi connectivity index (χ2v) is 19.0. The molecule has 4 aromatic rings. The number of rotatable bonds is 24. The summed E-state index contributed by atoms with van der Waals surface area (Å²) in [5.41, 5.74) is 4.45. The first kappa shape index (κ1) is 51.7. The van der Waals surface area contributed by atoms with E-state index < -0.39 is 34.2 Å². The minimum Gasteiger partial charge on any atom is -0.459 e. The molecular formula is C56H67N3O11. The van der Waals surface area contributed by atoms with Gasteiger partial charge in [0.25, 0.3) is 5.69 Å². The largest absolute Gasteiger partial charge is 0.459 e. The van der Waals surface area contributed by atoms with Gasteiger partial charge in [0, 0.05) is 55.9 Å². The normalized spacial score (nSPS) is 22.1. The van der Waals surface area contributed by atoms with E-state index in [2.05, 4.69) is 30.9 Å². The van der Waals surface area contributed by atoms with Crippen molar-refractivity contribution in [2.45, 2.75) is 89.1 Å². The van der Waals surface area contributed by atoms with E-state index in [0.717, 1.165) is 47.9 Å². The third-order valence-electron chi connectivity index (χ3n) is 13.2. The summed E-state index contributed by atoms with van der Waals surface area (Å²) in [6.45, 7) is 10.0. The first-order chi connectivity index (χ1) is 33.9. The van der Waals surface area contributed by atoms with Crippen LogP contribution in [0.2, 0.25) is 0 Å². The molecule has 0 spiro atoms. The molecule has 7 rings (SSSR count). The molecule has 3 N–H and O–H groups in total. The van der Waals surface area contributed by atoms with Gasteiger partial charge in [-0.25, -0.2) is 0 Å². The smallest absolute Gasteiger partial charge is 0.269 e. The minimum atomic E-state index is -1.53. The summed E-state index contributed by atoms with van der Waals surface area (Å²) >= 11 is 0. The number of benzene rings is 4. The topological polar surface area (TPSA) is 183 Å². The van der Waals surface area contributed by atoms with Crippen molar-refractivity contribution in [3.8, 4) is 28.4 Å². The second kappa shape index (κ2) is 24.1. The van der Waals surface area contributed by atoms with Crippen molar-refractivity contribution in [3.05, 3.63) is 149 Å². The van der Waals surface area contributed by atoms with Gasteiger partial charge in [0.2, 0.25) is 11.7 Å². The van der Waals surface area contributed by atoms with Crippen LogP contribution in [0.15, 0.2) is 133 Å². The molecule has 0 bridgehead atoms. The number of aliphatic hydroxyl groups excluding tert-OH is 3. The molecule has 0 radical (unpaired) electrons. The maximum atomic E-state index is 15.0. The fraction of sp³-hybridized carbons (Fsp3) is 0.429. The van der Waals surface area contributed by atoms with E-state index in [9.17, 15) is 30.2 Å². The van der Waals surface area contributed by atoms with E-state index in [-0.39, 0.29) is 76.0 Å². The second-order valence-electron chi connectivity index (χ2n) is 19.0. The van der Waals surface area contributed by atoms with Crippen LogP contribution >= 0.6 is 0 Å². The minimum absolute atomic E-state index is 0.0173. The Morgan fingerprint density at radius 2 is 1.60 bits per heavy atom. The fourth-order valence-corrected chi connectivity index (χ4v) is 10.1. The first-order valence-electron chi connectivity index (χ1n) is 24.4. The van der Waals surface area contributed by atoms with Gasteiger partial charge < -0.3 is 44.0 Å². The average molecular weight is 958 g/mol. The molecule has 1 saturated carbocycles. The van der Waals surface area contributed by atoms with Crippen molar-refractivity contribution >= 4 is 23.4 Å². The highest BCUT2D eigenvalue weighted by Crippen LogP contribution is 2.62. The lowest BCUT2D eigenvalue weighted by molar-refractivity contribution is -0.384. The fourth-order valence-electron chi connectivity index (χ4n) is 10.1. The number of allylic oxidation sites excluding steroid dienone is 1. The molecule has 372 valence electrons. The summed E-state index contributed by atoms with van der Waals surface area (Å²) in [5.74, 6) is -0.945. The monoisotopic (exact) mass is 957 g/mol. The van der Waals surface area contributed by atoms with Crippen LogP contribution in [0.5, 0.6) is 17.2 Å². The summed E-state index contributed by atoms with van der Waals surface area (Å²) in [4.78, 5) is 33.9. The Kier molecular flexibility index (Phi) is 17.8. The molecule has 0 saturated heterocycles. The Labute approximate surface area is 411 Å². The number of nitro groups is 1. The zero-order chi connectivity index (χ0) is 49.7. The first-order valence-corrected chi connectivity index (χ1v) is 24.4. The Balaban J connectivity index is 1.41. The number of oxime groups is 1. The number of amides is 1. The highest BCUT2D eigenvalue weighted by atomic mass is 16.7. The Hall–Kier alpha value is -6.16. The summed E-state index contributed by atoms with van der Waals surface area (Å²) in [6, 6.07) is 29.1. The Morgan fingerprint density at radius 1 is 0.900 bits per heavy atom. The zero-order valence-electron chi connectivity index (χ0n) is 40.5. The predicted molar refractivity (Wildman–Crippen MR) is 269 cm³/mol. The van der Waals surface area contributed by atoms with E-state index in [0.29, 0.717) is 41.4 Å². The molecule has 4 aromatic carbocycles. The van der Waals surface area contributed by atoms with E-state index >= 15 is 0 Å². The molecule has 0 aromatic heterocycles. The van der Waals surface area contributed by atoms with Gasteiger partial charge in [-0.1, -0.05) is 72.6 Å². The molecule has 1 amide bonds. The van der Waals surface area contributed by atoms with Crippen LogP contribution in [0.3, 0.4) is 0 Å². The van der Waals surface area contributed by atoms with E-state index in [1.165, 1.54) is 18.2 Å². The van der Waals surface area contributed by atoms with Gasteiger partial charge in [-0.05, 0) is 129 Å². The van der Waals surface area contributed by atoms with Crippen LogP contribution in [0.25, 0.3) is 17.2 Å². The number of non-ortho nitro benzene ring substituents is 1. The molecule has 0 unspecified atom stereocenters. The Bertz CT molecular complexity index is 2470. The van der Waals surface area contributed by atoms with Crippen molar-refractivity contribution in [2.24, 2.45) is 22.9 Å². The van der Waals surface area contributed by atoms with Gasteiger partial charge in [-0.2, -0.15) is 0 Å². The number of carbonyl (C=O) groups is 1. The van der Waals surface area contributed by atoms with E-state index in [4.69, 9.17) is 28.9 Å². The highest BCUT2D eigenvalue weighted by molar-refractivity contribution is 6.03. The maximum absolute atomic E-state index is 15.0. The SMILES string of the molecule is C=CCO[C@@]12Oc3ccc(Oc4ccc(-c5ccccc5)cc4)cc3[C@H]3[C@H](CCCCO)[C@@H](CCCCO)C=C(C(=NOC(C)(C)C)C[C@@H]1N(CCOCCO)C(=O)C=Cc1ccc([N+](=O)[O-])cc1)[C@H]32. The third kappa shape index (κ3) is 12.4. The summed E-state index contributed by atoms with van der Waals surface area (Å²) < 4.78 is 27.0. The molecule has 14 nitrogen and oxygen atoms in total. The maximum Gasteiger partial charge on any atom is 0.269 e. The standard InChI is InChI=1S/C56H67N3O11/c1-5-33-67-56-51(58(29-34-66-35-32-62)52(63)28-19-39-17-22-43(23-18-39)59(64)65)38-49(57-70-55(2,3)4)47-36-42(15-9-11-30-60)46(16-10-12-31-61)53(54(47)56)48-37-45(26-27-50(48)69-56)68-44-24-20-41(21-25-44)40-13-7-6-8-14-40/h5-8,13-14,17-28,36-37,42,46,51,53-54,60-62H,1,9-12,15-16,29-35,38H2,2-4H3/t42-,46+,51-,53+,54+,56+/m0/s1. The molecule has 14 heteroatoms. The van der Waals surface area contributed by atoms with Crippen LogP contribution in [0.4, 0.5) is 5.69 Å². The summed E-state index contributed by atoms with van der Waals surface area (Å²) in [6.07, 6.45) is 11.5. The third-order valence-corrected chi connectivity index (χ3v) is 13.2. The van der Waals surface area contributed by atoms with Crippen molar-refractivity contribution < 1.29 is 48.8 Å². The van der Waals surface area contributed by atoms with Gasteiger partial charge in [-0.3, -0.25) is 14.9 Å². The van der Waals surface area contributed by atoms with Crippen molar-refractivity contribution in [3.63, 3.8) is 0 Å². The number of fused-ring (bicyclic) bond motifs is 2. The number of aliphatic hydroxyl groups is 3. The quantitative estimate of drug-likeness (QED) is 0.0200.